The zero-order valence-corrected chi connectivity index (χ0v) is 11.4. The van der Waals surface area contributed by atoms with E-state index in [1.165, 1.54) is 0 Å². The first-order valence-corrected chi connectivity index (χ1v) is 5.87. The van der Waals surface area contributed by atoms with Crippen molar-refractivity contribution < 1.29 is 24.2 Å². The first kappa shape index (κ1) is 17.2. The Morgan fingerprint density at radius 2 is 1.95 bits per heavy atom. The summed E-state index contributed by atoms with van der Waals surface area (Å²) in [6, 6.07) is -2.03. The average molecular weight is 275 g/mol. The van der Waals surface area contributed by atoms with E-state index in [1.54, 1.807) is 13.8 Å². The zero-order valence-electron chi connectivity index (χ0n) is 11.4. The van der Waals surface area contributed by atoms with Crippen LogP contribution < -0.4 is 16.4 Å². The number of carboxylic acid groups (broad SMARTS) is 1. The van der Waals surface area contributed by atoms with E-state index in [0.29, 0.717) is 6.61 Å². The molecule has 0 spiro atoms. The van der Waals surface area contributed by atoms with E-state index in [0.717, 1.165) is 0 Å². The van der Waals surface area contributed by atoms with Crippen LogP contribution in [-0.4, -0.2) is 47.8 Å². The minimum atomic E-state index is -1.34. The lowest BCUT2D eigenvalue weighted by molar-refractivity contribution is -0.140. The van der Waals surface area contributed by atoms with Crippen molar-refractivity contribution in [3.8, 4) is 0 Å². The molecule has 0 aromatic heterocycles. The van der Waals surface area contributed by atoms with Crippen LogP contribution >= 0.6 is 0 Å². The van der Waals surface area contributed by atoms with Crippen LogP contribution in [0.2, 0.25) is 0 Å². The summed E-state index contributed by atoms with van der Waals surface area (Å²) < 4.78 is 5.36. The van der Waals surface area contributed by atoms with Crippen LogP contribution in [0.5, 0.6) is 0 Å². The highest BCUT2D eigenvalue weighted by Gasteiger charge is 2.23. The standard InChI is InChI=1S/C11H21N3O5/c1-4-19-11(2,3)6-13-10(18)14-7(9(16)17)5-8(12)15/h7H,4-6H2,1-3H3,(H2,12,15)(H,16,17)(H2,13,14,18). The summed E-state index contributed by atoms with van der Waals surface area (Å²) in [6.45, 7) is 6.10. The number of amides is 3. The third-order valence-electron chi connectivity index (χ3n) is 2.22. The SMILES string of the molecule is CCOC(C)(C)CNC(=O)NC(CC(N)=O)C(=O)O. The molecule has 5 N–H and O–H groups in total. The van der Waals surface area contributed by atoms with Crippen molar-refractivity contribution in [3.05, 3.63) is 0 Å². The van der Waals surface area contributed by atoms with E-state index in [-0.39, 0.29) is 6.54 Å². The van der Waals surface area contributed by atoms with Crippen LogP contribution in [0.25, 0.3) is 0 Å². The third kappa shape index (κ3) is 7.98. The van der Waals surface area contributed by atoms with Gasteiger partial charge in [-0.25, -0.2) is 9.59 Å². The molecule has 8 nitrogen and oxygen atoms in total. The van der Waals surface area contributed by atoms with Gasteiger partial charge in [0.05, 0.1) is 12.0 Å². The van der Waals surface area contributed by atoms with Crippen molar-refractivity contribution in [1.82, 2.24) is 10.6 Å². The number of urea groups is 1. The Morgan fingerprint density at radius 1 is 1.37 bits per heavy atom. The number of ether oxygens (including phenoxy) is 1. The molecule has 0 aliphatic rings. The van der Waals surface area contributed by atoms with E-state index in [9.17, 15) is 14.4 Å². The fourth-order valence-electron chi connectivity index (χ4n) is 1.35. The van der Waals surface area contributed by atoms with Crippen LogP contribution in [0.15, 0.2) is 0 Å². The summed E-state index contributed by atoms with van der Waals surface area (Å²) >= 11 is 0. The molecule has 0 saturated carbocycles. The van der Waals surface area contributed by atoms with Gasteiger partial charge >= 0.3 is 12.0 Å². The van der Waals surface area contributed by atoms with Crippen LogP contribution in [0, 0.1) is 0 Å². The lowest BCUT2D eigenvalue weighted by Gasteiger charge is -2.25. The van der Waals surface area contributed by atoms with Crippen molar-refractivity contribution in [2.45, 2.75) is 38.8 Å². The molecule has 0 rings (SSSR count). The van der Waals surface area contributed by atoms with Gasteiger partial charge in [-0.05, 0) is 20.8 Å². The third-order valence-corrected chi connectivity index (χ3v) is 2.22. The Morgan fingerprint density at radius 3 is 2.37 bits per heavy atom. The number of carboxylic acids is 1. The van der Waals surface area contributed by atoms with Gasteiger partial charge in [0, 0.05) is 13.2 Å². The molecule has 0 aromatic carbocycles. The molecule has 0 fully saturated rings. The first-order chi connectivity index (χ1) is 8.68. The number of aliphatic carboxylic acids is 1. The summed E-state index contributed by atoms with van der Waals surface area (Å²) in [6.07, 6.45) is -0.461. The Labute approximate surface area is 111 Å². The number of hydrogen-bond donors (Lipinski definition) is 4. The number of hydrogen-bond acceptors (Lipinski definition) is 4. The fraction of sp³-hybridized carbons (Fsp3) is 0.727. The number of primary amides is 1. The van der Waals surface area contributed by atoms with Crippen molar-refractivity contribution >= 4 is 17.9 Å². The minimum absolute atomic E-state index is 0.204. The van der Waals surface area contributed by atoms with Crippen molar-refractivity contribution in [2.75, 3.05) is 13.2 Å². The van der Waals surface area contributed by atoms with Gasteiger partial charge in [-0.1, -0.05) is 0 Å². The maximum absolute atomic E-state index is 11.5. The fourth-order valence-corrected chi connectivity index (χ4v) is 1.35. The topological polar surface area (TPSA) is 131 Å². The maximum Gasteiger partial charge on any atom is 0.326 e. The quantitative estimate of drug-likeness (QED) is 0.471. The van der Waals surface area contributed by atoms with E-state index in [1.807, 2.05) is 6.92 Å². The van der Waals surface area contributed by atoms with Gasteiger partial charge in [-0.2, -0.15) is 0 Å². The summed E-state index contributed by atoms with van der Waals surface area (Å²) in [7, 11) is 0. The smallest absolute Gasteiger partial charge is 0.326 e. The van der Waals surface area contributed by atoms with Crippen molar-refractivity contribution in [3.63, 3.8) is 0 Å². The Balaban J connectivity index is 4.27. The Bertz CT molecular complexity index is 343. The second-order valence-electron chi connectivity index (χ2n) is 4.58. The highest BCUT2D eigenvalue weighted by Crippen LogP contribution is 2.06. The molecule has 0 radical (unpaired) electrons. The number of carbonyl (C=O) groups excluding carboxylic acids is 2. The zero-order chi connectivity index (χ0) is 15.1. The summed E-state index contributed by atoms with van der Waals surface area (Å²) in [5.74, 6) is -2.12. The maximum atomic E-state index is 11.5. The first-order valence-electron chi connectivity index (χ1n) is 5.87. The Kier molecular flexibility index (Phi) is 6.84. The van der Waals surface area contributed by atoms with E-state index >= 15 is 0 Å². The van der Waals surface area contributed by atoms with Crippen LogP contribution in [-0.2, 0) is 14.3 Å². The Hall–Kier alpha value is -1.83. The predicted molar refractivity (Wildman–Crippen MR) is 67.5 cm³/mol. The van der Waals surface area contributed by atoms with E-state index < -0.39 is 36.0 Å². The summed E-state index contributed by atoms with van der Waals surface area (Å²) in [5, 5.41) is 13.4. The minimum Gasteiger partial charge on any atom is -0.480 e. The normalized spacial score (nSPS) is 12.6. The van der Waals surface area contributed by atoms with Crippen molar-refractivity contribution in [1.29, 1.82) is 0 Å². The largest absolute Gasteiger partial charge is 0.480 e. The molecule has 1 unspecified atom stereocenters. The monoisotopic (exact) mass is 275 g/mol. The van der Waals surface area contributed by atoms with E-state index in [2.05, 4.69) is 10.6 Å². The van der Waals surface area contributed by atoms with Crippen LogP contribution in [0.1, 0.15) is 27.2 Å². The molecule has 1 atom stereocenters. The summed E-state index contributed by atoms with van der Waals surface area (Å²) in [5.41, 5.74) is 4.33. The molecule has 0 bridgehead atoms. The predicted octanol–water partition coefficient (Wildman–Crippen LogP) is -0.571. The molecule has 0 saturated heterocycles. The molecule has 0 heterocycles. The molecule has 8 heteroatoms. The molecule has 19 heavy (non-hydrogen) atoms. The highest BCUT2D eigenvalue weighted by molar-refractivity contribution is 5.87. The molecule has 0 aromatic rings. The molecule has 0 aliphatic carbocycles. The van der Waals surface area contributed by atoms with Crippen LogP contribution in [0.4, 0.5) is 4.79 Å². The molecule has 110 valence electrons. The van der Waals surface area contributed by atoms with Gasteiger partial charge < -0.3 is 26.2 Å². The average Bonchev–Trinajstić information content (AvgIpc) is 2.25. The molecule has 3 amide bonds. The lowest BCUT2D eigenvalue weighted by atomic mass is 10.1. The van der Waals surface area contributed by atoms with Crippen LogP contribution in [0.3, 0.4) is 0 Å². The number of nitrogens with one attached hydrogen (secondary N) is 2. The molecule has 0 aliphatic heterocycles. The molecular formula is C11H21N3O5. The van der Waals surface area contributed by atoms with Gasteiger partial charge in [0.15, 0.2) is 0 Å². The second-order valence-corrected chi connectivity index (χ2v) is 4.58. The number of carbonyl (C=O) groups is 3. The second kappa shape index (κ2) is 7.57. The van der Waals surface area contributed by atoms with Gasteiger partial charge in [-0.15, -0.1) is 0 Å². The van der Waals surface area contributed by atoms with Gasteiger partial charge in [0.25, 0.3) is 0 Å². The highest BCUT2D eigenvalue weighted by atomic mass is 16.5. The van der Waals surface area contributed by atoms with Gasteiger partial charge in [0.1, 0.15) is 6.04 Å². The molecular weight excluding hydrogens is 254 g/mol. The van der Waals surface area contributed by atoms with Gasteiger partial charge in [-0.3, -0.25) is 4.79 Å². The summed E-state index contributed by atoms with van der Waals surface area (Å²) in [4.78, 5) is 33.0. The number of nitrogens with two attached hydrogens (primary N) is 1. The van der Waals surface area contributed by atoms with E-state index in [4.69, 9.17) is 15.6 Å². The van der Waals surface area contributed by atoms with Crippen molar-refractivity contribution in [2.24, 2.45) is 5.73 Å². The van der Waals surface area contributed by atoms with Gasteiger partial charge in [0.2, 0.25) is 5.91 Å². The number of rotatable bonds is 8. The lowest BCUT2D eigenvalue weighted by Crippen LogP contribution is -2.50.